The maximum atomic E-state index is 13.4. The summed E-state index contributed by atoms with van der Waals surface area (Å²) in [6.45, 7) is 0. The number of halogens is 1. The van der Waals surface area contributed by atoms with Crippen molar-refractivity contribution in [1.29, 1.82) is 0 Å². The van der Waals surface area contributed by atoms with Crippen molar-refractivity contribution in [3.8, 4) is 11.5 Å². The van der Waals surface area contributed by atoms with Gasteiger partial charge in [0.15, 0.2) is 5.78 Å². The lowest BCUT2D eigenvalue weighted by Crippen LogP contribution is -2.30. The van der Waals surface area contributed by atoms with Crippen LogP contribution < -0.4 is 20.1 Å². The number of ketones is 1. The zero-order valence-corrected chi connectivity index (χ0v) is 23.1. The van der Waals surface area contributed by atoms with Crippen molar-refractivity contribution in [2.75, 3.05) is 19.5 Å². The molecule has 0 aliphatic heterocycles. The summed E-state index contributed by atoms with van der Waals surface area (Å²) in [6.07, 6.45) is 4.66. The number of amides is 2. The Bertz CT molecular complexity index is 1610. The Balaban J connectivity index is 1.54. The number of rotatable bonds is 10. The summed E-state index contributed by atoms with van der Waals surface area (Å²) in [5.41, 5.74) is 2.62. The molecule has 4 rings (SSSR count). The Hall–Kier alpha value is -5.14. The summed E-state index contributed by atoms with van der Waals surface area (Å²) in [4.78, 5) is 38.9. The number of ether oxygens (including phenoxy) is 2. The van der Waals surface area contributed by atoms with E-state index in [-0.39, 0.29) is 11.5 Å². The van der Waals surface area contributed by atoms with E-state index in [1.165, 1.54) is 26.4 Å². The van der Waals surface area contributed by atoms with Gasteiger partial charge in [0.2, 0.25) is 0 Å². The van der Waals surface area contributed by atoms with Crippen LogP contribution in [0.5, 0.6) is 11.5 Å². The zero-order valence-electron chi connectivity index (χ0n) is 22.4. The standard InChI is InChI=1S/C33H27ClN2O5/c1-40-28-17-14-25(31(21-28)41-2)20-29(36-32(38)24-8-4-3-5-9-24)33(39)35-27-15-12-23(13-16-27)30(37)18-11-22-7-6-10-26(34)19-22/h3-21H,1-2H3,(H,35,39)(H,36,38)/b18-11+,29-20-. The van der Waals surface area contributed by atoms with Gasteiger partial charge in [-0.25, -0.2) is 0 Å². The minimum absolute atomic E-state index is 0.00747. The van der Waals surface area contributed by atoms with Gasteiger partial charge in [-0.15, -0.1) is 0 Å². The Labute approximate surface area is 243 Å². The summed E-state index contributed by atoms with van der Waals surface area (Å²) in [5.74, 6) is -0.183. The molecule has 8 heteroatoms. The van der Waals surface area contributed by atoms with Crippen molar-refractivity contribution >= 4 is 47.0 Å². The second-order valence-electron chi connectivity index (χ2n) is 8.77. The molecule has 0 aliphatic rings. The Morgan fingerprint density at radius 1 is 0.780 bits per heavy atom. The van der Waals surface area contributed by atoms with E-state index < -0.39 is 11.8 Å². The molecule has 41 heavy (non-hydrogen) atoms. The topological polar surface area (TPSA) is 93.7 Å². The number of methoxy groups -OCH3 is 2. The normalized spacial score (nSPS) is 11.1. The third kappa shape index (κ3) is 7.94. The predicted molar refractivity (Wildman–Crippen MR) is 161 cm³/mol. The Morgan fingerprint density at radius 3 is 2.22 bits per heavy atom. The number of nitrogens with one attached hydrogen (secondary N) is 2. The molecule has 0 aliphatic carbocycles. The van der Waals surface area contributed by atoms with Gasteiger partial charge in [-0.3, -0.25) is 14.4 Å². The van der Waals surface area contributed by atoms with Gasteiger partial charge in [-0.05, 0) is 78.4 Å². The van der Waals surface area contributed by atoms with E-state index in [0.29, 0.717) is 38.9 Å². The fourth-order valence-electron chi connectivity index (χ4n) is 3.83. The number of hydrogen-bond donors (Lipinski definition) is 2. The van der Waals surface area contributed by atoms with Gasteiger partial charge in [0.05, 0.1) is 14.2 Å². The van der Waals surface area contributed by atoms with E-state index >= 15 is 0 Å². The quantitative estimate of drug-likeness (QED) is 0.165. The second kappa shape index (κ2) is 13.8. The molecular weight excluding hydrogens is 540 g/mol. The molecule has 0 heterocycles. The van der Waals surface area contributed by atoms with Crippen molar-refractivity contribution in [3.63, 3.8) is 0 Å². The number of allylic oxidation sites excluding steroid dienone is 1. The number of carbonyl (C=O) groups is 3. The van der Waals surface area contributed by atoms with E-state index in [0.717, 1.165) is 5.56 Å². The van der Waals surface area contributed by atoms with Crippen LogP contribution >= 0.6 is 11.6 Å². The molecular formula is C33H27ClN2O5. The smallest absolute Gasteiger partial charge is 0.272 e. The minimum atomic E-state index is -0.563. The highest BCUT2D eigenvalue weighted by Crippen LogP contribution is 2.26. The lowest BCUT2D eigenvalue weighted by atomic mass is 10.1. The molecule has 2 N–H and O–H groups in total. The highest BCUT2D eigenvalue weighted by atomic mass is 35.5. The van der Waals surface area contributed by atoms with Gasteiger partial charge in [0, 0.05) is 33.5 Å². The van der Waals surface area contributed by atoms with Crippen LogP contribution in [-0.4, -0.2) is 31.8 Å². The number of hydrogen-bond acceptors (Lipinski definition) is 5. The molecule has 0 radical (unpaired) electrons. The number of carbonyl (C=O) groups excluding carboxylic acids is 3. The van der Waals surface area contributed by atoms with Crippen LogP contribution in [0.25, 0.3) is 12.2 Å². The van der Waals surface area contributed by atoms with Crippen LogP contribution in [0, 0.1) is 0 Å². The van der Waals surface area contributed by atoms with Crippen molar-refractivity contribution in [3.05, 3.63) is 136 Å². The average Bonchev–Trinajstić information content (AvgIpc) is 3.00. The van der Waals surface area contributed by atoms with Crippen LogP contribution in [0.4, 0.5) is 5.69 Å². The fraction of sp³-hybridized carbons (Fsp3) is 0.0606. The maximum absolute atomic E-state index is 13.4. The Kier molecular flexibility index (Phi) is 9.70. The first-order chi connectivity index (χ1) is 19.9. The van der Waals surface area contributed by atoms with Gasteiger partial charge in [0.1, 0.15) is 17.2 Å². The largest absolute Gasteiger partial charge is 0.497 e. The summed E-state index contributed by atoms with van der Waals surface area (Å²) in [5, 5.41) is 6.06. The van der Waals surface area contributed by atoms with Gasteiger partial charge in [0.25, 0.3) is 11.8 Å². The first kappa shape index (κ1) is 28.9. The van der Waals surface area contributed by atoms with Crippen molar-refractivity contribution in [2.24, 2.45) is 0 Å². The molecule has 0 spiro atoms. The highest BCUT2D eigenvalue weighted by molar-refractivity contribution is 6.30. The summed E-state index contributed by atoms with van der Waals surface area (Å²) >= 11 is 6.00. The van der Waals surface area contributed by atoms with E-state index in [4.69, 9.17) is 21.1 Å². The molecule has 0 saturated heterocycles. The van der Waals surface area contributed by atoms with Gasteiger partial charge >= 0.3 is 0 Å². The minimum Gasteiger partial charge on any atom is -0.497 e. The molecule has 0 unspecified atom stereocenters. The molecule has 4 aromatic carbocycles. The fourth-order valence-corrected chi connectivity index (χ4v) is 4.03. The van der Waals surface area contributed by atoms with E-state index in [1.807, 2.05) is 6.07 Å². The van der Waals surface area contributed by atoms with Gasteiger partial charge in [-0.1, -0.05) is 48.0 Å². The van der Waals surface area contributed by atoms with Crippen molar-refractivity contribution in [2.45, 2.75) is 0 Å². The van der Waals surface area contributed by atoms with Crippen LogP contribution in [0.1, 0.15) is 31.8 Å². The Morgan fingerprint density at radius 2 is 1.54 bits per heavy atom. The first-order valence-electron chi connectivity index (χ1n) is 12.6. The molecule has 0 aromatic heterocycles. The molecule has 0 fully saturated rings. The average molecular weight is 567 g/mol. The lowest BCUT2D eigenvalue weighted by Gasteiger charge is -2.13. The molecule has 0 bridgehead atoms. The third-order valence-corrected chi connectivity index (χ3v) is 6.21. The van der Waals surface area contributed by atoms with E-state index in [1.54, 1.807) is 97.1 Å². The zero-order chi connectivity index (χ0) is 29.2. The second-order valence-corrected chi connectivity index (χ2v) is 9.21. The molecule has 2 amide bonds. The number of anilines is 1. The lowest BCUT2D eigenvalue weighted by molar-refractivity contribution is -0.113. The summed E-state index contributed by atoms with van der Waals surface area (Å²) < 4.78 is 10.7. The molecule has 206 valence electrons. The first-order valence-corrected chi connectivity index (χ1v) is 12.9. The molecule has 4 aromatic rings. The van der Waals surface area contributed by atoms with Gasteiger partial charge < -0.3 is 20.1 Å². The third-order valence-electron chi connectivity index (χ3n) is 5.97. The van der Waals surface area contributed by atoms with Crippen LogP contribution in [0.15, 0.2) is 109 Å². The predicted octanol–water partition coefficient (Wildman–Crippen LogP) is 6.66. The van der Waals surface area contributed by atoms with Crippen LogP contribution in [-0.2, 0) is 4.79 Å². The van der Waals surface area contributed by atoms with Crippen molar-refractivity contribution < 1.29 is 23.9 Å². The molecule has 0 saturated carbocycles. The SMILES string of the molecule is COc1ccc(/C=C(\NC(=O)c2ccccc2)C(=O)Nc2ccc(C(=O)/C=C/c3cccc(Cl)c3)cc2)c(OC)c1. The van der Waals surface area contributed by atoms with Crippen LogP contribution in [0.2, 0.25) is 5.02 Å². The summed E-state index contributed by atoms with van der Waals surface area (Å²) in [6, 6.07) is 27.3. The summed E-state index contributed by atoms with van der Waals surface area (Å²) in [7, 11) is 3.04. The monoisotopic (exact) mass is 566 g/mol. The molecule has 7 nitrogen and oxygen atoms in total. The number of benzene rings is 4. The van der Waals surface area contributed by atoms with E-state index in [2.05, 4.69) is 10.6 Å². The van der Waals surface area contributed by atoms with Crippen LogP contribution in [0.3, 0.4) is 0 Å². The maximum Gasteiger partial charge on any atom is 0.272 e. The van der Waals surface area contributed by atoms with E-state index in [9.17, 15) is 14.4 Å². The molecule has 0 atom stereocenters. The highest BCUT2D eigenvalue weighted by Gasteiger charge is 2.17. The van der Waals surface area contributed by atoms with Crippen molar-refractivity contribution in [1.82, 2.24) is 5.32 Å². The van der Waals surface area contributed by atoms with Gasteiger partial charge in [-0.2, -0.15) is 0 Å².